The van der Waals surface area contributed by atoms with Crippen LogP contribution in [0.5, 0.6) is 0 Å². The van der Waals surface area contributed by atoms with E-state index in [0.29, 0.717) is 4.47 Å². The van der Waals surface area contributed by atoms with Gasteiger partial charge in [-0.05, 0) is 28.4 Å². The molecule has 0 bridgehead atoms. The fourth-order valence-corrected chi connectivity index (χ4v) is 5.46. The topological polar surface area (TPSA) is 119 Å². The van der Waals surface area contributed by atoms with E-state index >= 15 is 0 Å². The Hall–Kier alpha value is -0.710. The van der Waals surface area contributed by atoms with Gasteiger partial charge < -0.3 is 5.73 Å². The third kappa shape index (κ3) is 3.44. The Bertz CT molecular complexity index is 702. The Morgan fingerprint density at radius 1 is 1.47 bits per heavy atom. The van der Waals surface area contributed by atoms with Gasteiger partial charge in [0.2, 0.25) is 10.0 Å². The van der Waals surface area contributed by atoms with E-state index in [1.54, 1.807) is 0 Å². The van der Waals surface area contributed by atoms with Crippen LogP contribution in [0.25, 0.3) is 0 Å². The highest BCUT2D eigenvalue weighted by Crippen LogP contribution is 2.22. The molecule has 0 saturated carbocycles. The number of sulfonamides is 1. The number of halogens is 1. The van der Waals surface area contributed by atoms with E-state index in [1.807, 2.05) is 0 Å². The largest absolute Gasteiger partial charge is 0.383 e. The van der Waals surface area contributed by atoms with Crippen molar-refractivity contribution in [3.63, 3.8) is 0 Å². The van der Waals surface area contributed by atoms with E-state index in [1.165, 1.54) is 12.3 Å². The van der Waals surface area contributed by atoms with E-state index < -0.39 is 25.9 Å². The van der Waals surface area contributed by atoms with Crippen LogP contribution in [0.1, 0.15) is 6.42 Å². The summed E-state index contributed by atoms with van der Waals surface area (Å²) in [5.41, 5.74) is 5.53. The van der Waals surface area contributed by atoms with Crippen LogP contribution < -0.4 is 10.5 Å². The summed E-state index contributed by atoms with van der Waals surface area (Å²) in [7, 11) is -7.03. The Labute approximate surface area is 119 Å². The maximum Gasteiger partial charge on any atom is 0.244 e. The summed E-state index contributed by atoms with van der Waals surface area (Å²) in [6.07, 6.45) is 1.65. The number of anilines is 1. The normalized spacial score (nSPS) is 22.5. The van der Waals surface area contributed by atoms with Gasteiger partial charge in [-0.15, -0.1) is 0 Å². The van der Waals surface area contributed by atoms with Gasteiger partial charge in [0.25, 0.3) is 0 Å². The predicted molar refractivity (Wildman–Crippen MR) is 73.7 cm³/mol. The molecule has 1 saturated heterocycles. The lowest BCUT2D eigenvalue weighted by Crippen LogP contribution is -2.36. The van der Waals surface area contributed by atoms with Crippen molar-refractivity contribution in [2.24, 2.45) is 0 Å². The van der Waals surface area contributed by atoms with Gasteiger partial charge in [-0.2, -0.15) is 0 Å². The van der Waals surface area contributed by atoms with Crippen LogP contribution >= 0.6 is 15.9 Å². The summed E-state index contributed by atoms with van der Waals surface area (Å²) in [4.78, 5) is 3.58. The van der Waals surface area contributed by atoms with Crippen molar-refractivity contribution >= 4 is 41.6 Å². The second-order valence-corrected chi connectivity index (χ2v) is 9.08. The van der Waals surface area contributed by atoms with Gasteiger partial charge in [0.15, 0.2) is 9.84 Å². The molecule has 0 spiro atoms. The molecule has 0 amide bonds. The maximum absolute atomic E-state index is 12.1. The molecule has 1 atom stereocenters. The second kappa shape index (κ2) is 5.00. The minimum Gasteiger partial charge on any atom is -0.383 e. The van der Waals surface area contributed by atoms with Crippen LogP contribution in [0.3, 0.4) is 0 Å². The summed E-state index contributed by atoms with van der Waals surface area (Å²) < 4.78 is 49.7. The number of nitrogens with one attached hydrogen (secondary N) is 1. The predicted octanol–water partition coefficient (Wildman–Crippen LogP) is -0.108. The van der Waals surface area contributed by atoms with Gasteiger partial charge in [-0.1, -0.05) is 0 Å². The van der Waals surface area contributed by atoms with Gasteiger partial charge in [0.05, 0.1) is 11.5 Å². The molecule has 1 unspecified atom stereocenters. The summed E-state index contributed by atoms with van der Waals surface area (Å²) in [6, 6.07) is 0.710. The van der Waals surface area contributed by atoms with Crippen molar-refractivity contribution in [2.75, 3.05) is 17.2 Å². The molecule has 1 fully saturated rings. The molecule has 0 aromatic carbocycles. The average molecular weight is 370 g/mol. The van der Waals surface area contributed by atoms with Crippen molar-refractivity contribution in [3.8, 4) is 0 Å². The second-order valence-electron chi connectivity index (χ2n) is 4.26. The quantitative estimate of drug-likeness (QED) is 0.766. The summed E-state index contributed by atoms with van der Waals surface area (Å²) in [5, 5.41) is 0. The number of nitrogens with two attached hydrogens (primary N) is 1. The van der Waals surface area contributed by atoms with E-state index in [2.05, 4.69) is 25.6 Å². The first kappa shape index (κ1) is 14.7. The third-order valence-electron chi connectivity index (χ3n) is 2.69. The molecular weight excluding hydrogens is 358 g/mol. The highest BCUT2D eigenvalue weighted by molar-refractivity contribution is 9.10. The van der Waals surface area contributed by atoms with Gasteiger partial charge in [0, 0.05) is 16.7 Å². The summed E-state index contributed by atoms with van der Waals surface area (Å²) in [5.74, 6) is -0.323. The zero-order valence-electron chi connectivity index (χ0n) is 9.71. The van der Waals surface area contributed by atoms with Gasteiger partial charge in [-0.25, -0.2) is 26.5 Å². The Kier molecular flexibility index (Phi) is 3.87. The Morgan fingerprint density at radius 3 is 2.74 bits per heavy atom. The van der Waals surface area contributed by atoms with Gasteiger partial charge >= 0.3 is 0 Å². The number of nitrogen functional groups attached to an aromatic ring is 1. The maximum atomic E-state index is 12.1. The molecular formula is C9H12BrN3O4S2. The Morgan fingerprint density at radius 2 is 2.16 bits per heavy atom. The molecule has 1 aliphatic heterocycles. The first-order valence-corrected chi connectivity index (χ1v) is 9.43. The number of pyridine rings is 1. The standard InChI is InChI=1S/C9H12BrN3O4S2/c10-6-3-8(9(11)12-4-6)19(16,17)13-7-1-2-18(14,15)5-7/h3-4,7,13H,1-2,5H2,(H2,11,12). The van der Waals surface area contributed by atoms with Crippen LogP contribution in [0, 0.1) is 0 Å². The molecule has 0 radical (unpaired) electrons. The highest BCUT2D eigenvalue weighted by atomic mass is 79.9. The zero-order valence-corrected chi connectivity index (χ0v) is 12.9. The molecule has 1 aromatic heterocycles. The molecule has 10 heteroatoms. The molecule has 0 aliphatic carbocycles. The number of aromatic nitrogens is 1. The van der Waals surface area contributed by atoms with Crippen LogP contribution in [-0.4, -0.2) is 39.4 Å². The van der Waals surface area contributed by atoms with Crippen LogP contribution in [0.4, 0.5) is 5.82 Å². The first-order valence-electron chi connectivity index (χ1n) is 5.33. The highest BCUT2D eigenvalue weighted by Gasteiger charge is 2.32. The van der Waals surface area contributed by atoms with Crippen molar-refractivity contribution in [1.29, 1.82) is 0 Å². The van der Waals surface area contributed by atoms with Gasteiger partial charge in [-0.3, -0.25) is 0 Å². The number of rotatable bonds is 3. The summed E-state index contributed by atoms with van der Waals surface area (Å²) >= 11 is 3.11. The lowest BCUT2D eigenvalue weighted by molar-refractivity contribution is 0.562. The van der Waals surface area contributed by atoms with Crippen molar-refractivity contribution in [3.05, 3.63) is 16.7 Å². The van der Waals surface area contributed by atoms with Crippen LogP contribution in [0.15, 0.2) is 21.6 Å². The van der Waals surface area contributed by atoms with E-state index in [-0.39, 0.29) is 28.6 Å². The minimum atomic E-state index is -3.88. The van der Waals surface area contributed by atoms with Crippen molar-refractivity contribution in [1.82, 2.24) is 9.71 Å². The first-order chi connectivity index (χ1) is 8.70. The molecule has 19 heavy (non-hydrogen) atoms. The zero-order chi connectivity index (χ0) is 14.3. The lowest BCUT2D eigenvalue weighted by Gasteiger charge is -2.12. The molecule has 1 aromatic rings. The van der Waals surface area contributed by atoms with E-state index in [4.69, 9.17) is 5.73 Å². The molecule has 2 rings (SSSR count). The van der Waals surface area contributed by atoms with Crippen molar-refractivity contribution in [2.45, 2.75) is 17.4 Å². The van der Waals surface area contributed by atoms with Crippen LogP contribution in [-0.2, 0) is 19.9 Å². The monoisotopic (exact) mass is 369 g/mol. The average Bonchev–Trinajstić information content (AvgIpc) is 2.60. The molecule has 3 N–H and O–H groups in total. The molecule has 106 valence electrons. The number of hydrogen-bond acceptors (Lipinski definition) is 6. The molecule has 2 heterocycles. The van der Waals surface area contributed by atoms with E-state index in [0.717, 1.165) is 0 Å². The molecule has 1 aliphatic rings. The molecule has 7 nitrogen and oxygen atoms in total. The SMILES string of the molecule is Nc1ncc(Br)cc1S(=O)(=O)NC1CCS(=O)(=O)C1. The number of nitrogens with zero attached hydrogens (tertiary/aromatic N) is 1. The number of sulfone groups is 1. The van der Waals surface area contributed by atoms with Crippen molar-refractivity contribution < 1.29 is 16.8 Å². The lowest BCUT2D eigenvalue weighted by atomic mass is 10.3. The van der Waals surface area contributed by atoms with Crippen LogP contribution in [0.2, 0.25) is 0 Å². The smallest absolute Gasteiger partial charge is 0.244 e. The fraction of sp³-hybridized carbons (Fsp3) is 0.444. The summed E-state index contributed by atoms with van der Waals surface area (Å²) in [6.45, 7) is 0. The van der Waals surface area contributed by atoms with E-state index in [9.17, 15) is 16.8 Å². The Balaban J connectivity index is 2.26. The minimum absolute atomic E-state index is 0.00754. The fourth-order valence-electron chi connectivity index (χ4n) is 1.82. The van der Waals surface area contributed by atoms with Gasteiger partial charge in [0.1, 0.15) is 10.7 Å². The third-order valence-corrected chi connectivity index (χ3v) is 6.44. The number of hydrogen-bond donors (Lipinski definition) is 2.